The van der Waals surface area contributed by atoms with Gasteiger partial charge in [0, 0.05) is 34.2 Å². The highest BCUT2D eigenvalue weighted by atomic mass is 35.5. The van der Waals surface area contributed by atoms with Crippen LogP contribution in [-0.4, -0.2) is 34.9 Å². The normalized spacial score (nSPS) is 13.6. The Hall–Kier alpha value is -3.05. The number of hydrogen-bond donors (Lipinski definition) is 1. The molecule has 0 atom stereocenters. The minimum Gasteiger partial charge on any atom is -0.462 e. The molecule has 0 radical (unpaired) electrons. The lowest BCUT2D eigenvalue weighted by molar-refractivity contribution is -0.136. The monoisotopic (exact) mass is 408 g/mol. The molecule has 3 aromatic rings. The Bertz CT molecular complexity index is 1150. The first-order valence-electron chi connectivity index (χ1n) is 9.55. The zero-order chi connectivity index (χ0) is 20.5. The number of ether oxygens (including phenoxy) is 1. The first-order chi connectivity index (χ1) is 14.0. The van der Waals surface area contributed by atoms with Crippen LogP contribution in [-0.2, 0) is 16.0 Å². The molecule has 29 heavy (non-hydrogen) atoms. The second-order valence-corrected chi connectivity index (χ2v) is 7.43. The van der Waals surface area contributed by atoms with E-state index >= 15 is 0 Å². The first-order valence-corrected chi connectivity index (χ1v) is 9.93. The fraction of sp³-hybridized carbons (Fsp3) is 0.217. The van der Waals surface area contributed by atoms with Crippen LogP contribution in [0.1, 0.15) is 34.1 Å². The van der Waals surface area contributed by atoms with E-state index in [0.717, 1.165) is 22.0 Å². The third kappa shape index (κ3) is 3.54. The number of esters is 1. The van der Waals surface area contributed by atoms with E-state index in [1.54, 1.807) is 36.2 Å². The molecule has 2 aromatic carbocycles. The zero-order valence-electron chi connectivity index (χ0n) is 16.3. The number of aromatic amines is 1. The van der Waals surface area contributed by atoms with Crippen molar-refractivity contribution in [2.75, 3.05) is 13.2 Å². The number of carbonyl (C=O) groups is 2. The second-order valence-electron chi connectivity index (χ2n) is 7.00. The van der Waals surface area contributed by atoms with Crippen LogP contribution in [0.3, 0.4) is 0 Å². The maximum absolute atomic E-state index is 13.2. The summed E-state index contributed by atoms with van der Waals surface area (Å²) in [6, 6.07) is 13.1. The van der Waals surface area contributed by atoms with Gasteiger partial charge in [-0.3, -0.25) is 4.79 Å². The number of rotatable bonds is 3. The number of benzene rings is 2. The van der Waals surface area contributed by atoms with E-state index in [0.29, 0.717) is 34.8 Å². The zero-order valence-corrected chi connectivity index (χ0v) is 17.0. The second kappa shape index (κ2) is 7.76. The predicted molar refractivity (Wildman–Crippen MR) is 114 cm³/mol. The summed E-state index contributed by atoms with van der Waals surface area (Å²) in [6.45, 7) is 4.33. The van der Waals surface area contributed by atoms with Crippen LogP contribution in [0.15, 0.2) is 48.7 Å². The lowest BCUT2D eigenvalue weighted by Gasteiger charge is -2.19. The summed E-state index contributed by atoms with van der Waals surface area (Å²) in [5.41, 5.74) is 4.40. The molecule has 0 unspecified atom stereocenters. The van der Waals surface area contributed by atoms with Gasteiger partial charge in [0.1, 0.15) is 0 Å². The summed E-state index contributed by atoms with van der Waals surface area (Å²) < 4.78 is 5.28. The quantitative estimate of drug-likeness (QED) is 0.637. The van der Waals surface area contributed by atoms with Crippen molar-refractivity contribution in [1.29, 1.82) is 0 Å². The molecule has 6 heteroatoms. The number of carbonyl (C=O) groups excluding carboxylic acids is 2. The Morgan fingerprint density at radius 3 is 2.76 bits per heavy atom. The van der Waals surface area contributed by atoms with Gasteiger partial charge in [0.15, 0.2) is 0 Å². The molecule has 0 aliphatic carbocycles. The van der Waals surface area contributed by atoms with E-state index in [4.69, 9.17) is 16.3 Å². The topological polar surface area (TPSA) is 62.4 Å². The Kier molecular flexibility index (Phi) is 5.16. The number of H-pyrrole nitrogens is 1. The maximum Gasteiger partial charge on any atom is 0.341 e. The fourth-order valence-electron chi connectivity index (χ4n) is 3.75. The van der Waals surface area contributed by atoms with E-state index in [2.05, 4.69) is 4.98 Å². The number of hydrogen-bond acceptors (Lipinski definition) is 3. The minimum absolute atomic E-state index is 0.171. The van der Waals surface area contributed by atoms with Gasteiger partial charge in [0.25, 0.3) is 5.91 Å². The van der Waals surface area contributed by atoms with Crippen LogP contribution < -0.4 is 0 Å². The average molecular weight is 409 g/mol. The van der Waals surface area contributed by atoms with Gasteiger partial charge in [-0.15, -0.1) is 0 Å². The molecule has 0 fully saturated rings. The Morgan fingerprint density at radius 2 is 2.00 bits per heavy atom. The van der Waals surface area contributed by atoms with Crippen molar-refractivity contribution in [3.63, 3.8) is 0 Å². The van der Waals surface area contributed by atoms with E-state index in [-0.39, 0.29) is 12.5 Å². The lowest BCUT2D eigenvalue weighted by atomic mass is 10.0. The summed E-state index contributed by atoms with van der Waals surface area (Å²) in [4.78, 5) is 30.9. The molecule has 1 N–H and O–H groups in total. The van der Waals surface area contributed by atoms with Gasteiger partial charge in [-0.2, -0.15) is 0 Å². The van der Waals surface area contributed by atoms with E-state index < -0.39 is 5.97 Å². The molecule has 1 aliphatic heterocycles. The Morgan fingerprint density at radius 1 is 1.21 bits per heavy atom. The number of amides is 1. The number of nitrogens with zero attached hydrogens (tertiary/aromatic N) is 1. The van der Waals surface area contributed by atoms with Crippen LogP contribution in [0.4, 0.5) is 0 Å². The Labute approximate surface area is 173 Å². The third-order valence-corrected chi connectivity index (χ3v) is 5.38. The molecule has 1 amide bonds. The molecule has 0 saturated carbocycles. The average Bonchev–Trinajstić information content (AvgIpc) is 2.95. The summed E-state index contributed by atoms with van der Waals surface area (Å²) in [6.07, 6.45) is 2.23. The van der Waals surface area contributed by atoms with E-state index in [9.17, 15) is 9.59 Å². The largest absolute Gasteiger partial charge is 0.462 e. The van der Waals surface area contributed by atoms with Gasteiger partial charge in [-0.25, -0.2) is 4.79 Å². The SMILES string of the molecule is CCOC(=O)C1=CN(C(=O)c2ccc(Cl)cc2C)CCc2c1[nH]c1ccccc21. The summed E-state index contributed by atoms with van der Waals surface area (Å²) in [7, 11) is 0. The standard InChI is InChI=1S/C23H21ClN2O3/c1-3-29-23(28)19-13-26(22(27)16-9-8-15(24)12-14(16)2)11-10-18-17-6-4-5-7-20(17)25-21(18)19/h4-9,12-13,25H,3,10-11H2,1-2H3. The van der Waals surface area contributed by atoms with Crippen molar-refractivity contribution in [3.05, 3.63) is 76.1 Å². The van der Waals surface area contributed by atoms with Gasteiger partial charge < -0.3 is 14.6 Å². The Balaban J connectivity index is 1.80. The summed E-state index contributed by atoms with van der Waals surface area (Å²) in [5.74, 6) is -0.622. The highest BCUT2D eigenvalue weighted by Crippen LogP contribution is 2.32. The fourth-order valence-corrected chi connectivity index (χ4v) is 3.98. The molecule has 0 bridgehead atoms. The maximum atomic E-state index is 13.2. The van der Waals surface area contributed by atoms with Crippen molar-refractivity contribution in [2.24, 2.45) is 0 Å². The predicted octanol–water partition coefficient (Wildman–Crippen LogP) is 4.73. The van der Waals surface area contributed by atoms with Gasteiger partial charge >= 0.3 is 5.97 Å². The van der Waals surface area contributed by atoms with Crippen molar-refractivity contribution in [3.8, 4) is 0 Å². The number of nitrogens with one attached hydrogen (secondary N) is 1. The molecule has 1 aromatic heterocycles. The molecular formula is C23H21ClN2O3. The molecular weight excluding hydrogens is 388 g/mol. The van der Waals surface area contributed by atoms with Crippen LogP contribution in [0.25, 0.3) is 16.5 Å². The highest BCUT2D eigenvalue weighted by molar-refractivity contribution is 6.30. The van der Waals surface area contributed by atoms with E-state index in [1.165, 1.54) is 0 Å². The first kappa shape index (κ1) is 19.3. The van der Waals surface area contributed by atoms with Crippen molar-refractivity contribution in [2.45, 2.75) is 20.3 Å². The van der Waals surface area contributed by atoms with E-state index in [1.807, 2.05) is 31.2 Å². The summed E-state index contributed by atoms with van der Waals surface area (Å²) >= 11 is 6.03. The molecule has 5 nitrogen and oxygen atoms in total. The van der Waals surface area contributed by atoms with Gasteiger partial charge in [0.2, 0.25) is 0 Å². The molecule has 0 spiro atoms. The van der Waals surface area contributed by atoms with Gasteiger partial charge in [-0.1, -0.05) is 29.8 Å². The molecule has 2 heterocycles. The minimum atomic E-state index is -0.451. The third-order valence-electron chi connectivity index (χ3n) is 5.15. The number of fused-ring (bicyclic) bond motifs is 3. The lowest BCUT2D eigenvalue weighted by Crippen LogP contribution is -2.28. The summed E-state index contributed by atoms with van der Waals surface area (Å²) in [5, 5.41) is 1.63. The highest BCUT2D eigenvalue weighted by Gasteiger charge is 2.28. The van der Waals surface area contributed by atoms with Gasteiger partial charge in [0.05, 0.1) is 17.9 Å². The van der Waals surface area contributed by atoms with Crippen molar-refractivity contribution >= 4 is 40.0 Å². The molecule has 1 aliphatic rings. The molecule has 148 valence electrons. The van der Waals surface area contributed by atoms with Gasteiger partial charge in [-0.05, 0) is 55.7 Å². The molecule has 0 saturated heterocycles. The number of aromatic nitrogens is 1. The van der Waals surface area contributed by atoms with Crippen LogP contribution in [0, 0.1) is 6.92 Å². The van der Waals surface area contributed by atoms with Crippen LogP contribution in [0.5, 0.6) is 0 Å². The number of aryl methyl sites for hydroxylation is 1. The smallest absolute Gasteiger partial charge is 0.341 e. The van der Waals surface area contributed by atoms with Crippen LogP contribution in [0.2, 0.25) is 5.02 Å². The number of halogens is 1. The van der Waals surface area contributed by atoms with Crippen LogP contribution >= 0.6 is 11.6 Å². The number of para-hydroxylation sites is 1. The molecule has 4 rings (SSSR count). The van der Waals surface area contributed by atoms with Crippen molar-refractivity contribution in [1.82, 2.24) is 9.88 Å². The van der Waals surface area contributed by atoms with Crippen molar-refractivity contribution < 1.29 is 14.3 Å².